The highest BCUT2D eigenvalue weighted by atomic mass is 79.9. The molecule has 1 aromatic heterocycles. The molecule has 4 heteroatoms. The Balaban J connectivity index is 1.89. The van der Waals surface area contributed by atoms with Crippen molar-refractivity contribution in [1.82, 2.24) is 10.3 Å². The Hall–Kier alpha value is -1.26. The Morgan fingerprint density at radius 3 is 2.84 bits per heavy atom. The van der Waals surface area contributed by atoms with E-state index in [1.54, 1.807) is 12.3 Å². The molecule has 2 nitrogen and oxygen atoms in total. The van der Waals surface area contributed by atoms with Gasteiger partial charge in [-0.3, -0.25) is 4.98 Å². The molecule has 0 aliphatic heterocycles. The minimum absolute atomic E-state index is 0.165. The van der Waals surface area contributed by atoms with E-state index in [4.69, 9.17) is 0 Å². The average molecular weight is 323 g/mol. The number of aromatic nitrogens is 1. The SMILES string of the molecule is CC(NCCc1ccccn1)c1ccc(F)cc1Br. The van der Waals surface area contributed by atoms with Crippen LogP contribution in [0.2, 0.25) is 0 Å². The molecule has 1 atom stereocenters. The molecule has 19 heavy (non-hydrogen) atoms. The van der Waals surface area contributed by atoms with Crippen molar-refractivity contribution >= 4 is 15.9 Å². The second-order valence-corrected chi connectivity index (χ2v) is 5.27. The monoisotopic (exact) mass is 322 g/mol. The Morgan fingerprint density at radius 1 is 1.32 bits per heavy atom. The molecular weight excluding hydrogens is 307 g/mol. The van der Waals surface area contributed by atoms with Gasteiger partial charge in [0.05, 0.1) is 0 Å². The zero-order chi connectivity index (χ0) is 13.7. The molecule has 0 saturated heterocycles. The van der Waals surface area contributed by atoms with E-state index in [-0.39, 0.29) is 11.9 Å². The van der Waals surface area contributed by atoms with E-state index < -0.39 is 0 Å². The van der Waals surface area contributed by atoms with Gasteiger partial charge in [0.25, 0.3) is 0 Å². The first-order valence-electron chi connectivity index (χ1n) is 6.25. The predicted molar refractivity (Wildman–Crippen MR) is 78.5 cm³/mol. The third-order valence-corrected chi connectivity index (χ3v) is 3.67. The first-order valence-corrected chi connectivity index (χ1v) is 7.04. The lowest BCUT2D eigenvalue weighted by molar-refractivity contribution is 0.568. The summed E-state index contributed by atoms with van der Waals surface area (Å²) < 4.78 is 13.8. The topological polar surface area (TPSA) is 24.9 Å². The summed E-state index contributed by atoms with van der Waals surface area (Å²) in [4.78, 5) is 4.28. The third-order valence-electron chi connectivity index (χ3n) is 2.99. The molecule has 1 N–H and O–H groups in total. The van der Waals surface area contributed by atoms with Gasteiger partial charge in [0.15, 0.2) is 0 Å². The molecule has 0 fully saturated rings. The minimum atomic E-state index is -0.226. The summed E-state index contributed by atoms with van der Waals surface area (Å²) in [6, 6.07) is 10.9. The molecule has 2 rings (SSSR count). The summed E-state index contributed by atoms with van der Waals surface area (Å²) in [7, 11) is 0. The fourth-order valence-corrected chi connectivity index (χ4v) is 2.62. The van der Waals surface area contributed by atoms with E-state index in [0.29, 0.717) is 0 Å². The molecule has 0 aliphatic rings. The quantitative estimate of drug-likeness (QED) is 0.903. The van der Waals surface area contributed by atoms with Crippen LogP contribution in [0.25, 0.3) is 0 Å². The van der Waals surface area contributed by atoms with Gasteiger partial charge in [-0.25, -0.2) is 4.39 Å². The lowest BCUT2D eigenvalue weighted by atomic mass is 10.1. The van der Waals surface area contributed by atoms with Crippen LogP contribution in [0.1, 0.15) is 24.2 Å². The highest BCUT2D eigenvalue weighted by molar-refractivity contribution is 9.10. The van der Waals surface area contributed by atoms with Crippen molar-refractivity contribution < 1.29 is 4.39 Å². The van der Waals surface area contributed by atoms with E-state index in [0.717, 1.165) is 28.7 Å². The Labute approximate surface area is 121 Å². The van der Waals surface area contributed by atoms with Gasteiger partial charge in [-0.1, -0.05) is 28.1 Å². The maximum absolute atomic E-state index is 13.0. The van der Waals surface area contributed by atoms with Gasteiger partial charge < -0.3 is 5.32 Å². The highest BCUT2D eigenvalue weighted by Gasteiger charge is 2.09. The zero-order valence-corrected chi connectivity index (χ0v) is 12.3. The second-order valence-electron chi connectivity index (χ2n) is 4.41. The smallest absolute Gasteiger partial charge is 0.124 e. The first kappa shape index (κ1) is 14.2. The maximum Gasteiger partial charge on any atom is 0.124 e. The second kappa shape index (κ2) is 6.78. The molecule has 0 aliphatic carbocycles. The van der Waals surface area contributed by atoms with E-state index in [1.807, 2.05) is 18.2 Å². The molecule has 0 radical (unpaired) electrons. The van der Waals surface area contributed by atoms with Crippen molar-refractivity contribution in [1.29, 1.82) is 0 Å². The molecule has 0 saturated carbocycles. The highest BCUT2D eigenvalue weighted by Crippen LogP contribution is 2.24. The summed E-state index contributed by atoms with van der Waals surface area (Å²) >= 11 is 3.39. The molecule has 1 unspecified atom stereocenters. The lowest BCUT2D eigenvalue weighted by Gasteiger charge is -2.15. The molecule has 0 amide bonds. The molecule has 100 valence electrons. The lowest BCUT2D eigenvalue weighted by Crippen LogP contribution is -2.22. The minimum Gasteiger partial charge on any atom is -0.310 e. The Morgan fingerprint density at radius 2 is 2.16 bits per heavy atom. The predicted octanol–water partition coefficient (Wildman–Crippen LogP) is 3.88. The summed E-state index contributed by atoms with van der Waals surface area (Å²) in [5.41, 5.74) is 2.13. The van der Waals surface area contributed by atoms with E-state index >= 15 is 0 Å². The number of rotatable bonds is 5. The van der Waals surface area contributed by atoms with Crippen LogP contribution in [0.3, 0.4) is 0 Å². The fraction of sp³-hybridized carbons (Fsp3) is 0.267. The summed E-state index contributed by atoms with van der Waals surface area (Å²) in [5, 5.41) is 3.42. The molecule has 2 aromatic rings. The first-order chi connectivity index (χ1) is 9.16. The molecule has 0 spiro atoms. The van der Waals surface area contributed by atoms with Crippen LogP contribution in [0.5, 0.6) is 0 Å². The number of nitrogens with zero attached hydrogens (tertiary/aromatic N) is 1. The number of hydrogen-bond acceptors (Lipinski definition) is 2. The third kappa shape index (κ3) is 4.11. The van der Waals surface area contributed by atoms with E-state index in [2.05, 4.69) is 33.2 Å². The van der Waals surface area contributed by atoms with Crippen LogP contribution in [0, 0.1) is 5.82 Å². The van der Waals surface area contributed by atoms with Crippen molar-refractivity contribution in [3.8, 4) is 0 Å². The normalized spacial score (nSPS) is 12.4. The van der Waals surface area contributed by atoms with Crippen LogP contribution in [0.4, 0.5) is 4.39 Å². The fourth-order valence-electron chi connectivity index (χ4n) is 1.93. The van der Waals surface area contributed by atoms with Crippen LogP contribution >= 0.6 is 15.9 Å². The Kier molecular flexibility index (Phi) is 5.05. The van der Waals surface area contributed by atoms with Crippen molar-refractivity contribution in [3.63, 3.8) is 0 Å². The van der Waals surface area contributed by atoms with Gasteiger partial charge in [0.2, 0.25) is 0 Å². The van der Waals surface area contributed by atoms with Gasteiger partial charge in [-0.15, -0.1) is 0 Å². The van der Waals surface area contributed by atoms with E-state index in [9.17, 15) is 4.39 Å². The maximum atomic E-state index is 13.0. The Bertz CT molecular complexity index is 531. The number of nitrogens with one attached hydrogen (secondary N) is 1. The van der Waals surface area contributed by atoms with Crippen LogP contribution in [-0.4, -0.2) is 11.5 Å². The summed E-state index contributed by atoms with van der Waals surface area (Å²) in [6.07, 6.45) is 2.68. The van der Waals surface area contributed by atoms with Gasteiger partial charge in [-0.2, -0.15) is 0 Å². The van der Waals surface area contributed by atoms with Gasteiger partial charge in [-0.05, 0) is 36.8 Å². The van der Waals surface area contributed by atoms with Gasteiger partial charge in [0.1, 0.15) is 5.82 Å². The number of halogens is 2. The number of hydrogen-bond donors (Lipinski definition) is 1. The molecule has 1 heterocycles. The van der Waals surface area contributed by atoms with Crippen LogP contribution in [0.15, 0.2) is 47.1 Å². The number of benzene rings is 1. The van der Waals surface area contributed by atoms with Crippen molar-refractivity contribution in [2.75, 3.05) is 6.54 Å². The van der Waals surface area contributed by atoms with Crippen molar-refractivity contribution in [2.45, 2.75) is 19.4 Å². The number of pyridine rings is 1. The largest absolute Gasteiger partial charge is 0.310 e. The van der Waals surface area contributed by atoms with Crippen LogP contribution in [-0.2, 0) is 6.42 Å². The summed E-state index contributed by atoms with van der Waals surface area (Å²) in [6.45, 7) is 2.90. The molecule has 1 aromatic carbocycles. The van der Waals surface area contributed by atoms with Gasteiger partial charge in [0, 0.05) is 35.4 Å². The average Bonchev–Trinajstić information content (AvgIpc) is 2.39. The zero-order valence-electron chi connectivity index (χ0n) is 10.7. The van der Waals surface area contributed by atoms with Crippen LogP contribution < -0.4 is 5.32 Å². The molecular formula is C15H16BrFN2. The molecule has 0 bridgehead atoms. The standard InChI is InChI=1S/C15H16BrFN2/c1-11(14-6-5-12(17)10-15(14)16)18-9-7-13-4-2-3-8-19-13/h2-6,8,10-11,18H,7,9H2,1H3. The van der Waals surface area contributed by atoms with E-state index in [1.165, 1.54) is 12.1 Å². The van der Waals surface area contributed by atoms with Gasteiger partial charge >= 0.3 is 0 Å². The van der Waals surface area contributed by atoms with Crippen molar-refractivity contribution in [3.05, 3.63) is 64.1 Å². The van der Waals surface area contributed by atoms with Crippen molar-refractivity contribution in [2.24, 2.45) is 0 Å². The summed E-state index contributed by atoms with van der Waals surface area (Å²) in [5.74, 6) is -0.226.